The van der Waals surface area contributed by atoms with Crippen molar-refractivity contribution in [2.75, 3.05) is 13.6 Å². The Morgan fingerprint density at radius 2 is 2.12 bits per heavy atom. The molecule has 5 nitrogen and oxygen atoms in total. The van der Waals surface area contributed by atoms with Crippen molar-refractivity contribution in [2.45, 2.75) is 26.3 Å². The zero-order chi connectivity index (χ0) is 12.9. The highest BCUT2D eigenvalue weighted by molar-refractivity contribution is 7.87. The second kappa shape index (κ2) is 6.09. The first-order chi connectivity index (χ1) is 7.93. The van der Waals surface area contributed by atoms with Gasteiger partial charge < -0.3 is 0 Å². The van der Waals surface area contributed by atoms with Gasteiger partial charge in [0.1, 0.15) is 0 Å². The smallest absolute Gasteiger partial charge is 0.261 e. The Morgan fingerprint density at radius 1 is 1.41 bits per heavy atom. The summed E-state index contributed by atoms with van der Waals surface area (Å²) in [6.45, 7) is 4.02. The lowest BCUT2D eigenvalue weighted by Crippen LogP contribution is -2.42. The first-order valence-corrected chi connectivity index (χ1v) is 7.00. The Morgan fingerprint density at radius 3 is 2.65 bits per heavy atom. The molecule has 6 heteroatoms. The van der Waals surface area contributed by atoms with E-state index in [0.717, 1.165) is 5.69 Å². The SMILES string of the molecule is CC(C)N(C)S(=O)(=O)NCCc1ccccn1. The number of pyridine rings is 1. The number of hydrogen-bond acceptors (Lipinski definition) is 3. The number of hydrogen-bond donors (Lipinski definition) is 1. The summed E-state index contributed by atoms with van der Waals surface area (Å²) in [6, 6.07) is 5.54. The molecule has 0 amide bonds. The van der Waals surface area contributed by atoms with Crippen LogP contribution >= 0.6 is 0 Å². The molecule has 0 aliphatic heterocycles. The summed E-state index contributed by atoms with van der Waals surface area (Å²) in [5, 5.41) is 0. The van der Waals surface area contributed by atoms with E-state index < -0.39 is 10.2 Å². The first kappa shape index (κ1) is 14.1. The lowest BCUT2D eigenvalue weighted by Gasteiger charge is -2.21. The minimum absolute atomic E-state index is 0.0534. The van der Waals surface area contributed by atoms with E-state index in [1.165, 1.54) is 4.31 Å². The second-order valence-electron chi connectivity index (χ2n) is 4.08. The van der Waals surface area contributed by atoms with Gasteiger partial charge in [0.15, 0.2) is 0 Å². The first-order valence-electron chi connectivity index (χ1n) is 5.56. The molecule has 0 saturated carbocycles. The summed E-state index contributed by atoms with van der Waals surface area (Å²) >= 11 is 0. The summed E-state index contributed by atoms with van der Waals surface area (Å²) in [6.07, 6.45) is 2.29. The van der Waals surface area contributed by atoms with Gasteiger partial charge in [-0.3, -0.25) is 4.98 Å². The van der Waals surface area contributed by atoms with Crippen molar-refractivity contribution in [3.63, 3.8) is 0 Å². The van der Waals surface area contributed by atoms with Crippen LogP contribution in [0.5, 0.6) is 0 Å². The number of nitrogens with one attached hydrogen (secondary N) is 1. The molecule has 0 aliphatic rings. The van der Waals surface area contributed by atoms with Crippen molar-refractivity contribution < 1.29 is 8.42 Å². The molecular weight excluding hydrogens is 238 g/mol. The third-order valence-electron chi connectivity index (χ3n) is 2.50. The largest absolute Gasteiger partial charge is 0.279 e. The Hall–Kier alpha value is -0.980. The van der Waals surface area contributed by atoms with Crippen molar-refractivity contribution in [2.24, 2.45) is 0 Å². The third kappa shape index (κ3) is 4.41. The van der Waals surface area contributed by atoms with Crippen LogP contribution in [0.1, 0.15) is 19.5 Å². The fourth-order valence-corrected chi connectivity index (χ4v) is 2.35. The molecule has 0 spiro atoms. The van der Waals surface area contributed by atoms with Gasteiger partial charge >= 0.3 is 0 Å². The van der Waals surface area contributed by atoms with E-state index in [9.17, 15) is 8.42 Å². The van der Waals surface area contributed by atoms with Crippen LogP contribution in [0.25, 0.3) is 0 Å². The Labute approximate surface area is 103 Å². The molecule has 96 valence electrons. The van der Waals surface area contributed by atoms with Crippen LogP contribution in [-0.2, 0) is 16.6 Å². The maximum atomic E-state index is 11.8. The van der Waals surface area contributed by atoms with Crippen molar-refractivity contribution in [1.29, 1.82) is 0 Å². The standard InChI is InChI=1S/C11H19N3O2S/c1-10(2)14(3)17(15,16)13-9-7-11-6-4-5-8-12-11/h4-6,8,10,13H,7,9H2,1-3H3. The van der Waals surface area contributed by atoms with E-state index in [-0.39, 0.29) is 6.04 Å². The molecule has 0 bridgehead atoms. The minimum atomic E-state index is -3.37. The van der Waals surface area contributed by atoms with Gasteiger partial charge in [0.05, 0.1) is 0 Å². The molecule has 0 saturated heterocycles. The Bertz CT molecular complexity index is 431. The molecule has 1 aromatic heterocycles. The summed E-state index contributed by atoms with van der Waals surface area (Å²) < 4.78 is 27.4. The van der Waals surface area contributed by atoms with E-state index in [1.807, 2.05) is 32.0 Å². The lowest BCUT2D eigenvalue weighted by atomic mass is 10.3. The topological polar surface area (TPSA) is 62.3 Å². The van der Waals surface area contributed by atoms with E-state index in [0.29, 0.717) is 13.0 Å². The molecule has 1 rings (SSSR count). The molecular formula is C11H19N3O2S. The zero-order valence-corrected chi connectivity index (χ0v) is 11.2. The van der Waals surface area contributed by atoms with Gasteiger partial charge in [0, 0.05) is 37.9 Å². The average Bonchev–Trinajstić information content (AvgIpc) is 2.29. The molecule has 1 aromatic rings. The minimum Gasteiger partial charge on any atom is -0.261 e. The summed E-state index contributed by atoms with van der Waals surface area (Å²) in [4.78, 5) is 4.13. The molecule has 17 heavy (non-hydrogen) atoms. The van der Waals surface area contributed by atoms with Crippen LogP contribution in [0, 0.1) is 0 Å². The monoisotopic (exact) mass is 257 g/mol. The van der Waals surface area contributed by atoms with E-state index in [4.69, 9.17) is 0 Å². The van der Waals surface area contributed by atoms with Crippen molar-refractivity contribution >= 4 is 10.2 Å². The molecule has 0 aromatic carbocycles. The predicted molar refractivity (Wildman–Crippen MR) is 67.8 cm³/mol. The summed E-state index contributed by atoms with van der Waals surface area (Å²) in [5.74, 6) is 0. The fraction of sp³-hybridized carbons (Fsp3) is 0.545. The molecule has 1 N–H and O–H groups in total. The van der Waals surface area contributed by atoms with Crippen molar-refractivity contribution in [3.8, 4) is 0 Å². The highest BCUT2D eigenvalue weighted by Gasteiger charge is 2.19. The van der Waals surface area contributed by atoms with Crippen LogP contribution in [0.3, 0.4) is 0 Å². The van der Waals surface area contributed by atoms with Gasteiger partial charge in [-0.15, -0.1) is 0 Å². The highest BCUT2D eigenvalue weighted by Crippen LogP contribution is 2.01. The van der Waals surface area contributed by atoms with Gasteiger partial charge in [-0.1, -0.05) is 6.07 Å². The van der Waals surface area contributed by atoms with Crippen molar-refractivity contribution in [1.82, 2.24) is 14.0 Å². The molecule has 0 aliphatic carbocycles. The second-order valence-corrected chi connectivity index (χ2v) is 5.90. The van der Waals surface area contributed by atoms with Crippen molar-refractivity contribution in [3.05, 3.63) is 30.1 Å². The Balaban J connectivity index is 2.46. The molecule has 0 radical (unpaired) electrons. The highest BCUT2D eigenvalue weighted by atomic mass is 32.2. The molecule has 0 fully saturated rings. The molecule has 0 atom stereocenters. The molecule has 1 heterocycles. The molecule has 0 unspecified atom stereocenters. The quantitative estimate of drug-likeness (QED) is 0.820. The van der Waals surface area contributed by atoms with Crippen LogP contribution < -0.4 is 4.72 Å². The normalized spacial score (nSPS) is 12.3. The van der Waals surface area contributed by atoms with E-state index in [1.54, 1.807) is 13.2 Å². The van der Waals surface area contributed by atoms with Gasteiger partial charge in [0.2, 0.25) is 0 Å². The van der Waals surface area contributed by atoms with Crippen LogP contribution in [-0.4, -0.2) is 37.3 Å². The maximum Gasteiger partial charge on any atom is 0.279 e. The van der Waals surface area contributed by atoms with Gasteiger partial charge in [-0.25, -0.2) is 4.72 Å². The van der Waals surface area contributed by atoms with Crippen LogP contribution in [0.15, 0.2) is 24.4 Å². The lowest BCUT2D eigenvalue weighted by molar-refractivity contribution is 0.402. The third-order valence-corrected chi connectivity index (χ3v) is 4.25. The zero-order valence-electron chi connectivity index (χ0n) is 10.4. The summed E-state index contributed by atoms with van der Waals surface area (Å²) in [7, 11) is -1.81. The predicted octanol–water partition coefficient (Wildman–Crippen LogP) is 0.799. The van der Waals surface area contributed by atoms with Crippen LogP contribution in [0.2, 0.25) is 0 Å². The van der Waals surface area contributed by atoms with E-state index >= 15 is 0 Å². The summed E-state index contributed by atoms with van der Waals surface area (Å²) in [5.41, 5.74) is 0.877. The van der Waals surface area contributed by atoms with Gasteiger partial charge in [-0.05, 0) is 26.0 Å². The fourth-order valence-electron chi connectivity index (χ4n) is 1.23. The van der Waals surface area contributed by atoms with E-state index in [2.05, 4.69) is 9.71 Å². The Kier molecular flexibility index (Phi) is 5.04. The van der Waals surface area contributed by atoms with Gasteiger partial charge in [-0.2, -0.15) is 12.7 Å². The van der Waals surface area contributed by atoms with Crippen LogP contribution in [0.4, 0.5) is 0 Å². The number of rotatable bonds is 6. The van der Waals surface area contributed by atoms with Gasteiger partial charge in [0.25, 0.3) is 10.2 Å². The number of nitrogens with zero attached hydrogens (tertiary/aromatic N) is 2. The maximum absolute atomic E-state index is 11.8. The number of aromatic nitrogens is 1. The average molecular weight is 257 g/mol.